The number of carbonyl (C=O) groups is 1. The predicted octanol–water partition coefficient (Wildman–Crippen LogP) is 0.914. The van der Waals surface area contributed by atoms with Crippen molar-refractivity contribution in [3.8, 4) is 0 Å². The van der Waals surface area contributed by atoms with E-state index >= 15 is 0 Å². The summed E-state index contributed by atoms with van der Waals surface area (Å²) in [4.78, 5) is 10.5. The lowest BCUT2D eigenvalue weighted by molar-refractivity contribution is -0.142. The van der Waals surface area contributed by atoms with Crippen LogP contribution in [0.1, 0.15) is 12.5 Å². The van der Waals surface area contributed by atoms with Gasteiger partial charge in [-0.3, -0.25) is 4.79 Å². The monoisotopic (exact) mass is 180 g/mol. The number of anilines is 2. The number of nitrogen functional groups attached to an aromatic ring is 2. The van der Waals surface area contributed by atoms with E-state index in [-0.39, 0.29) is 12.6 Å². The maximum absolute atomic E-state index is 10.5. The van der Waals surface area contributed by atoms with Crippen LogP contribution in [-0.4, -0.2) is 5.97 Å². The molecular formula is C9H12N2O2. The third-order valence-electron chi connectivity index (χ3n) is 1.60. The van der Waals surface area contributed by atoms with E-state index in [1.54, 1.807) is 18.2 Å². The van der Waals surface area contributed by atoms with Crippen LogP contribution in [0.25, 0.3) is 0 Å². The van der Waals surface area contributed by atoms with Crippen LogP contribution in [0.15, 0.2) is 18.2 Å². The Morgan fingerprint density at radius 1 is 1.46 bits per heavy atom. The Kier molecular flexibility index (Phi) is 2.74. The first-order chi connectivity index (χ1) is 6.09. The highest BCUT2D eigenvalue weighted by molar-refractivity contribution is 5.66. The van der Waals surface area contributed by atoms with Gasteiger partial charge in [0.25, 0.3) is 0 Å². The highest BCUT2D eigenvalue weighted by atomic mass is 16.5. The fourth-order valence-corrected chi connectivity index (χ4v) is 0.924. The molecule has 0 unspecified atom stereocenters. The largest absolute Gasteiger partial charge is 0.461 e. The molecule has 1 aromatic rings. The van der Waals surface area contributed by atoms with Gasteiger partial charge in [0.1, 0.15) is 6.61 Å². The van der Waals surface area contributed by atoms with E-state index in [2.05, 4.69) is 0 Å². The van der Waals surface area contributed by atoms with Gasteiger partial charge in [0.05, 0.1) is 0 Å². The SMILES string of the molecule is CC(=O)OCc1ccc(N)cc1N. The van der Waals surface area contributed by atoms with E-state index in [1.807, 2.05) is 0 Å². The van der Waals surface area contributed by atoms with E-state index in [1.165, 1.54) is 6.92 Å². The standard InChI is InChI=1S/C9H12N2O2/c1-6(12)13-5-7-2-3-8(10)4-9(7)11/h2-4H,5,10-11H2,1H3. The molecule has 0 saturated carbocycles. The summed E-state index contributed by atoms with van der Waals surface area (Å²) >= 11 is 0. The second kappa shape index (κ2) is 3.80. The Hall–Kier alpha value is -1.71. The van der Waals surface area contributed by atoms with E-state index in [9.17, 15) is 4.79 Å². The number of nitrogens with two attached hydrogens (primary N) is 2. The maximum atomic E-state index is 10.5. The first kappa shape index (κ1) is 9.38. The van der Waals surface area contributed by atoms with Gasteiger partial charge in [0.15, 0.2) is 0 Å². The number of carbonyl (C=O) groups excluding carboxylic acids is 1. The third-order valence-corrected chi connectivity index (χ3v) is 1.60. The second-order valence-corrected chi connectivity index (χ2v) is 2.74. The molecule has 0 radical (unpaired) electrons. The molecule has 0 aliphatic carbocycles. The van der Waals surface area contributed by atoms with Crippen molar-refractivity contribution >= 4 is 17.3 Å². The average molecular weight is 180 g/mol. The highest BCUT2D eigenvalue weighted by Gasteiger charge is 2.01. The van der Waals surface area contributed by atoms with E-state index in [0.29, 0.717) is 11.4 Å². The van der Waals surface area contributed by atoms with Gasteiger partial charge in [0.2, 0.25) is 0 Å². The molecule has 0 spiro atoms. The predicted molar refractivity (Wildman–Crippen MR) is 50.7 cm³/mol. The number of rotatable bonds is 2. The molecule has 0 amide bonds. The van der Waals surface area contributed by atoms with E-state index in [4.69, 9.17) is 16.2 Å². The fourth-order valence-electron chi connectivity index (χ4n) is 0.924. The Bertz CT molecular complexity index is 323. The first-order valence-corrected chi connectivity index (χ1v) is 3.87. The lowest BCUT2D eigenvalue weighted by Gasteiger charge is -2.05. The zero-order valence-corrected chi connectivity index (χ0v) is 7.41. The van der Waals surface area contributed by atoms with Gasteiger partial charge in [0, 0.05) is 23.9 Å². The molecule has 1 rings (SSSR count). The highest BCUT2D eigenvalue weighted by Crippen LogP contribution is 2.16. The number of ether oxygens (including phenoxy) is 1. The molecule has 0 aliphatic heterocycles. The number of esters is 1. The summed E-state index contributed by atoms with van der Waals surface area (Å²) < 4.78 is 4.79. The topological polar surface area (TPSA) is 78.3 Å². The lowest BCUT2D eigenvalue weighted by Crippen LogP contribution is -2.02. The van der Waals surface area contributed by atoms with Crippen molar-refractivity contribution in [1.82, 2.24) is 0 Å². The normalized spacial score (nSPS) is 9.62. The molecule has 0 fully saturated rings. The molecule has 70 valence electrons. The van der Waals surface area contributed by atoms with Crippen LogP contribution in [0.3, 0.4) is 0 Å². The van der Waals surface area contributed by atoms with Crippen LogP contribution in [0.4, 0.5) is 11.4 Å². The molecule has 0 bridgehead atoms. The van der Waals surface area contributed by atoms with Crippen LogP contribution >= 0.6 is 0 Å². The molecule has 1 aromatic carbocycles. The molecule has 0 saturated heterocycles. The minimum atomic E-state index is -0.323. The van der Waals surface area contributed by atoms with E-state index in [0.717, 1.165) is 5.56 Å². The summed E-state index contributed by atoms with van der Waals surface area (Å²) in [5.74, 6) is -0.323. The molecule has 0 atom stereocenters. The molecule has 0 aliphatic rings. The molecule has 0 heterocycles. The van der Waals surface area contributed by atoms with Crippen LogP contribution in [0, 0.1) is 0 Å². The van der Waals surface area contributed by atoms with E-state index < -0.39 is 0 Å². The van der Waals surface area contributed by atoms with Crippen molar-refractivity contribution in [2.45, 2.75) is 13.5 Å². The van der Waals surface area contributed by atoms with Crippen molar-refractivity contribution in [3.05, 3.63) is 23.8 Å². The van der Waals surface area contributed by atoms with Crippen molar-refractivity contribution in [1.29, 1.82) is 0 Å². The van der Waals surface area contributed by atoms with Gasteiger partial charge in [-0.1, -0.05) is 6.07 Å². The lowest BCUT2D eigenvalue weighted by atomic mass is 10.2. The Labute approximate surface area is 76.5 Å². The molecule has 13 heavy (non-hydrogen) atoms. The molecule has 0 aromatic heterocycles. The van der Waals surface area contributed by atoms with Gasteiger partial charge in [-0.15, -0.1) is 0 Å². The summed E-state index contributed by atoms with van der Waals surface area (Å²) in [5, 5.41) is 0. The van der Waals surface area contributed by atoms with Crippen molar-refractivity contribution in [2.24, 2.45) is 0 Å². The van der Waals surface area contributed by atoms with Crippen LogP contribution in [0.5, 0.6) is 0 Å². The van der Waals surface area contributed by atoms with Crippen LogP contribution in [-0.2, 0) is 16.1 Å². The zero-order valence-electron chi connectivity index (χ0n) is 7.41. The van der Waals surface area contributed by atoms with Gasteiger partial charge in [-0.2, -0.15) is 0 Å². The van der Waals surface area contributed by atoms with Crippen molar-refractivity contribution in [2.75, 3.05) is 11.5 Å². The molecule has 4 N–H and O–H groups in total. The Morgan fingerprint density at radius 3 is 2.69 bits per heavy atom. The van der Waals surface area contributed by atoms with Crippen LogP contribution < -0.4 is 11.5 Å². The summed E-state index contributed by atoms with van der Waals surface area (Å²) in [5.41, 5.74) is 13.0. The zero-order chi connectivity index (χ0) is 9.84. The third kappa shape index (κ3) is 2.66. The molecule has 4 nitrogen and oxygen atoms in total. The van der Waals surface area contributed by atoms with Crippen molar-refractivity contribution < 1.29 is 9.53 Å². The number of hydrogen-bond acceptors (Lipinski definition) is 4. The molecule has 4 heteroatoms. The minimum absolute atomic E-state index is 0.196. The van der Waals surface area contributed by atoms with Gasteiger partial charge < -0.3 is 16.2 Å². The summed E-state index contributed by atoms with van der Waals surface area (Å²) in [6.45, 7) is 1.55. The Morgan fingerprint density at radius 2 is 2.15 bits per heavy atom. The van der Waals surface area contributed by atoms with Gasteiger partial charge in [-0.05, 0) is 12.1 Å². The quantitative estimate of drug-likeness (QED) is 0.524. The van der Waals surface area contributed by atoms with Crippen molar-refractivity contribution in [3.63, 3.8) is 0 Å². The number of hydrogen-bond donors (Lipinski definition) is 2. The summed E-state index contributed by atoms with van der Waals surface area (Å²) in [6.07, 6.45) is 0. The number of benzene rings is 1. The molecular weight excluding hydrogens is 168 g/mol. The fraction of sp³-hybridized carbons (Fsp3) is 0.222. The summed E-state index contributed by atoms with van der Waals surface area (Å²) in [7, 11) is 0. The van der Waals surface area contributed by atoms with Gasteiger partial charge >= 0.3 is 5.97 Å². The summed E-state index contributed by atoms with van der Waals surface area (Å²) in [6, 6.07) is 5.10. The van der Waals surface area contributed by atoms with Crippen LogP contribution in [0.2, 0.25) is 0 Å². The van der Waals surface area contributed by atoms with Gasteiger partial charge in [-0.25, -0.2) is 0 Å². The average Bonchev–Trinajstić information content (AvgIpc) is 2.02. The second-order valence-electron chi connectivity index (χ2n) is 2.74. The smallest absolute Gasteiger partial charge is 0.302 e. The Balaban J connectivity index is 2.72. The minimum Gasteiger partial charge on any atom is -0.461 e. The maximum Gasteiger partial charge on any atom is 0.302 e. The first-order valence-electron chi connectivity index (χ1n) is 3.87.